The summed E-state index contributed by atoms with van der Waals surface area (Å²) in [5.74, 6) is 1.57. The highest BCUT2D eigenvalue weighted by molar-refractivity contribution is 7.80. The van der Waals surface area contributed by atoms with E-state index in [0.29, 0.717) is 38.5 Å². The molecule has 0 aliphatic rings. The summed E-state index contributed by atoms with van der Waals surface area (Å²) in [5.41, 5.74) is 4.06. The van der Waals surface area contributed by atoms with Gasteiger partial charge in [0.25, 0.3) is 0 Å². The number of hydrogen-bond acceptors (Lipinski definition) is 5. The van der Waals surface area contributed by atoms with Crippen LogP contribution in [0.5, 0.6) is 0 Å². The van der Waals surface area contributed by atoms with Crippen molar-refractivity contribution in [3.05, 3.63) is 65.8 Å². The molecule has 0 fully saturated rings. The number of nitrogens with one attached hydrogen (secondary N) is 1. The number of fused-ring (bicyclic) bond motifs is 1. The lowest BCUT2D eigenvalue weighted by Gasteiger charge is -2.26. The fraction of sp³-hybridized carbons (Fsp3) is 0.231. The first-order chi connectivity index (χ1) is 16.4. The summed E-state index contributed by atoms with van der Waals surface area (Å²) in [4.78, 5) is 9.40. The maximum atomic E-state index is 10.1. The summed E-state index contributed by atoms with van der Waals surface area (Å²) in [7, 11) is 20.6. The van der Waals surface area contributed by atoms with Gasteiger partial charge in [-0.2, -0.15) is 0 Å². The van der Waals surface area contributed by atoms with Crippen LogP contribution in [0.25, 0.3) is 27.7 Å². The Kier molecular flexibility index (Phi) is 6.69. The number of anilines is 1. The normalized spacial score (nSPS) is 13.1. The van der Waals surface area contributed by atoms with Crippen molar-refractivity contribution in [1.82, 2.24) is 14.5 Å². The van der Waals surface area contributed by atoms with Crippen LogP contribution in [0.1, 0.15) is 29.4 Å². The van der Waals surface area contributed by atoms with E-state index < -0.39 is 5.50 Å². The number of benzene rings is 2. The lowest BCUT2D eigenvalue weighted by molar-refractivity contribution is 0.148. The summed E-state index contributed by atoms with van der Waals surface area (Å²) in [5, 5.41) is 15.4. The van der Waals surface area contributed by atoms with E-state index in [0.717, 1.165) is 33.4 Å². The molecule has 0 aliphatic carbocycles. The molecule has 0 spiro atoms. The molecule has 0 bridgehead atoms. The lowest BCUT2D eigenvalue weighted by Crippen LogP contribution is -2.34. The molecule has 2 N–H and O–H groups in total. The Bertz CT molecular complexity index is 1440. The Morgan fingerprint density at radius 2 is 1.86 bits per heavy atom. The number of aryl methyl sites for hydroxylation is 1. The predicted molar refractivity (Wildman–Crippen MR) is 151 cm³/mol. The van der Waals surface area contributed by atoms with Crippen LogP contribution >= 0.6 is 12.6 Å². The van der Waals surface area contributed by atoms with Crippen LogP contribution in [0.4, 0.5) is 5.82 Å². The van der Waals surface area contributed by atoms with E-state index in [-0.39, 0.29) is 6.42 Å². The number of pyridine rings is 1. The first-order valence-corrected chi connectivity index (χ1v) is 11.6. The molecule has 2 aromatic heterocycles. The van der Waals surface area contributed by atoms with Gasteiger partial charge in [-0.1, -0.05) is 29.6 Å². The van der Waals surface area contributed by atoms with E-state index in [2.05, 4.69) is 51.2 Å². The molecule has 0 amide bonds. The van der Waals surface area contributed by atoms with E-state index in [1.54, 1.807) is 0 Å². The van der Waals surface area contributed by atoms with Crippen LogP contribution in [0.2, 0.25) is 0 Å². The zero-order valence-electron chi connectivity index (χ0n) is 20.3. The Morgan fingerprint density at radius 1 is 1.14 bits per heavy atom. The molecule has 0 saturated heterocycles. The number of hydrogen-bond donors (Lipinski definition) is 3. The molecular weight excluding hydrogens is 449 g/mol. The molecule has 0 saturated carbocycles. The Labute approximate surface area is 215 Å². The van der Waals surface area contributed by atoms with Gasteiger partial charge in [0.05, 0.1) is 11.9 Å². The minimum absolute atomic E-state index is 0.119. The van der Waals surface area contributed by atoms with Crippen molar-refractivity contribution in [3.8, 4) is 11.3 Å². The Morgan fingerprint density at radius 3 is 2.49 bits per heavy atom. The van der Waals surface area contributed by atoms with Gasteiger partial charge in [0.1, 0.15) is 35.2 Å². The van der Waals surface area contributed by atoms with Gasteiger partial charge < -0.3 is 15.0 Å². The highest BCUT2D eigenvalue weighted by atomic mass is 32.1. The largest absolute Gasteiger partial charge is 0.400 e. The molecule has 2 heterocycles. The predicted octanol–water partition coefficient (Wildman–Crippen LogP) is 2.63. The Balaban J connectivity index is 1.69. The summed E-state index contributed by atoms with van der Waals surface area (Å²) >= 11 is 4.57. The quantitative estimate of drug-likeness (QED) is 0.297. The van der Waals surface area contributed by atoms with Crippen molar-refractivity contribution < 1.29 is 5.11 Å². The Hall–Kier alpha value is -2.90. The van der Waals surface area contributed by atoms with Crippen LogP contribution < -0.4 is 16.2 Å². The van der Waals surface area contributed by atoms with Gasteiger partial charge in [0.2, 0.25) is 0 Å². The van der Waals surface area contributed by atoms with Crippen LogP contribution in [-0.4, -0.2) is 48.7 Å². The fourth-order valence-electron chi connectivity index (χ4n) is 4.25. The molecule has 5 nitrogen and oxygen atoms in total. The molecular formula is C26H25B3N4OS. The highest BCUT2D eigenvalue weighted by Crippen LogP contribution is 2.28. The second kappa shape index (κ2) is 9.28. The monoisotopic (exact) mass is 474 g/mol. The molecule has 2 aromatic carbocycles. The van der Waals surface area contributed by atoms with E-state index >= 15 is 0 Å². The van der Waals surface area contributed by atoms with Crippen molar-refractivity contribution in [1.29, 1.82) is 0 Å². The molecule has 1 atom stereocenters. The van der Waals surface area contributed by atoms with Crippen molar-refractivity contribution in [2.45, 2.75) is 37.6 Å². The second-order valence-corrected chi connectivity index (χ2v) is 9.62. The van der Waals surface area contributed by atoms with Crippen molar-refractivity contribution in [2.24, 2.45) is 7.05 Å². The van der Waals surface area contributed by atoms with Gasteiger partial charge in [0.15, 0.2) is 0 Å². The standard InChI is InChI=1S/C26H25B3N4OS/c1-13-22(24(28)25(35)19(23(13)27)10-26(4,29)34)14(2)32-21-9-18-8-16(6-7-17(18)11-31-21)20-12-30-15(3)33(20)5/h6-9,11-12,34-35H,2,10H2,1,3-5H3,(H,31,32). The van der Waals surface area contributed by atoms with Crippen LogP contribution in [0.15, 0.2) is 48.1 Å². The average Bonchev–Trinajstić information content (AvgIpc) is 3.12. The summed E-state index contributed by atoms with van der Waals surface area (Å²) in [6, 6.07) is 8.18. The van der Waals surface area contributed by atoms with Crippen molar-refractivity contribution in [3.63, 3.8) is 0 Å². The molecule has 35 heavy (non-hydrogen) atoms. The number of rotatable bonds is 6. The smallest absolute Gasteiger partial charge is 0.130 e. The first kappa shape index (κ1) is 25.2. The van der Waals surface area contributed by atoms with Gasteiger partial charge in [-0.25, -0.2) is 9.97 Å². The molecule has 1 unspecified atom stereocenters. The topological polar surface area (TPSA) is 63.0 Å². The summed E-state index contributed by atoms with van der Waals surface area (Å²) < 4.78 is 2.06. The fourth-order valence-corrected chi connectivity index (χ4v) is 4.56. The van der Waals surface area contributed by atoms with E-state index in [4.69, 9.17) is 23.5 Å². The number of thiol groups is 1. The number of aliphatic hydroxyl groups is 1. The third kappa shape index (κ3) is 4.93. The lowest BCUT2D eigenvalue weighted by atomic mass is 9.71. The van der Waals surface area contributed by atoms with Crippen LogP contribution in [0.3, 0.4) is 0 Å². The van der Waals surface area contributed by atoms with Gasteiger partial charge in [-0.15, -0.1) is 12.6 Å². The first-order valence-electron chi connectivity index (χ1n) is 11.1. The molecule has 0 aliphatic heterocycles. The molecule has 170 valence electrons. The highest BCUT2D eigenvalue weighted by Gasteiger charge is 2.21. The maximum Gasteiger partial charge on any atom is 0.130 e. The summed E-state index contributed by atoms with van der Waals surface area (Å²) in [6.45, 7) is 9.52. The SMILES string of the molecule is [B]c1c(C)c(C(=C)Nc2cc3cc(-c4cnc(C)n4C)ccc3cn2)c([B])c(S)c1CC([B])(C)O. The van der Waals surface area contributed by atoms with E-state index in [1.165, 1.54) is 6.92 Å². The molecule has 9 heteroatoms. The molecule has 4 aromatic rings. The third-order valence-electron chi connectivity index (χ3n) is 6.27. The van der Waals surface area contributed by atoms with Crippen molar-refractivity contribution >= 4 is 69.4 Å². The zero-order valence-corrected chi connectivity index (χ0v) is 21.2. The molecule has 6 radical (unpaired) electrons. The second-order valence-electron chi connectivity index (χ2n) is 9.17. The van der Waals surface area contributed by atoms with Crippen LogP contribution in [0, 0.1) is 13.8 Å². The average molecular weight is 474 g/mol. The van der Waals surface area contributed by atoms with Gasteiger partial charge in [-0.3, -0.25) is 0 Å². The van der Waals surface area contributed by atoms with E-state index in [9.17, 15) is 5.11 Å². The minimum Gasteiger partial charge on any atom is -0.400 e. The summed E-state index contributed by atoms with van der Waals surface area (Å²) in [6.07, 6.45) is 3.80. The van der Waals surface area contributed by atoms with Gasteiger partial charge in [-0.05, 0) is 61.4 Å². The minimum atomic E-state index is -1.44. The third-order valence-corrected chi connectivity index (χ3v) is 6.78. The number of aromatic nitrogens is 3. The maximum absolute atomic E-state index is 10.1. The van der Waals surface area contributed by atoms with Crippen molar-refractivity contribution in [2.75, 3.05) is 5.32 Å². The van der Waals surface area contributed by atoms with Gasteiger partial charge >= 0.3 is 0 Å². The van der Waals surface area contributed by atoms with Crippen LogP contribution in [-0.2, 0) is 13.5 Å². The van der Waals surface area contributed by atoms with E-state index in [1.807, 2.05) is 45.4 Å². The zero-order chi connectivity index (χ0) is 25.7. The number of imidazole rings is 1. The number of nitrogens with zero attached hydrogens (tertiary/aromatic N) is 3. The van der Waals surface area contributed by atoms with Gasteiger partial charge in [0, 0.05) is 40.3 Å². The molecule has 4 rings (SSSR count).